The summed E-state index contributed by atoms with van der Waals surface area (Å²) in [4.78, 5) is 8.37. The number of anilines is 1. The third kappa shape index (κ3) is 1.88. The third-order valence-corrected chi connectivity index (χ3v) is 2.06. The molecule has 0 saturated heterocycles. The topological polar surface area (TPSA) is 72.0 Å². The number of hydrogen-bond acceptors (Lipinski definition) is 4. The van der Waals surface area contributed by atoms with Gasteiger partial charge in [0.25, 0.3) is 0 Å². The molecule has 76 valence electrons. The van der Waals surface area contributed by atoms with Gasteiger partial charge in [0.05, 0.1) is 23.3 Å². The Kier molecular flexibility index (Phi) is 2.25. The summed E-state index contributed by atoms with van der Waals surface area (Å²) in [7, 11) is 0. The van der Waals surface area contributed by atoms with E-state index in [1.807, 2.05) is 25.1 Å². The van der Waals surface area contributed by atoms with Crippen LogP contribution in [-0.4, -0.2) is 15.1 Å². The summed E-state index contributed by atoms with van der Waals surface area (Å²) in [6, 6.07) is 7.28. The largest absolute Gasteiger partial charge is 0.504 e. The predicted octanol–water partition coefficient (Wildman–Crippen LogP) is 1.74. The van der Waals surface area contributed by atoms with Crippen LogP contribution in [0.1, 0.15) is 5.69 Å². The summed E-state index contributed by atoms with van der Waals surface area (Å²) in [6.07, 6.45) is 1.33. The Morgan fingerprint density at radius 1 is 1.27 bits per heavy atom. The Morgan fingerprint density at radius 3 is 2.73 bits per heavy atom. The maximum absolute atomic E-state index is 9.24. The molecule has 15 heavy (non-hydrogen) atoms. The van der Waals surface area contributed by atoms with Crippen LogP contribution < -0.4 is 5.73 Å². The van der Waals surface area contributed by atoms with E-state index in [1.165, 1.54) is 6.20 Å². The molecule has 2 aromatic rings. The number of aromatic nitrogens is 2. The van der Waals surface area contributed by atoms with Crippen molar-refractivity contribution in [3.8, 4) is 17.1 Å². The van der Waals surface area contributed by atoms with Gasteiger partial charge in [-0.25, -0.2) is 0 Å². The van der Waals surface area contributed by atoms with Crippen molar-refractivity contribution in [2.24, 2.45) is 0 Å². The van der Waals surface area contributed by atoms with Crippen LogP contribution in [0.2, 0.25) is 0 Å². The lowest BCUT2D eigenvalue weighted by atomic mass is 10.2. The molecule has 2 heterocycles. The van der Waals surface area contributed by atoms with Crippen molar-refractivity contribution in [1.82, 2.24) is 9.97 Å². The Labute approximate surface area is 87.4 Å². The fourth-order valence-electron chi connectivity index (χ4n) is 1.29. The van der Waals surface area contributed by atoms with Gasteiger partial charge >= 0.3 is 0 Å². The molecule has 0 bridgehead atoms. The Hall–Kier alpha value is -2.10. The zero-order chi connectivity index (χ0) is 10.8. The number of nitrogens with zero attached hydrogens (tertiary/aromatic N) is 2. The second-order valence-corrected chi connectivity index (χ2v) is 3.29. The highest BCUT2D eigenvalue weighted by Crippen LogP contribution is 2.23. The highest BCUT2D eigenvalue weighted by atomic mass is 16.3. The van der Waals surface area contributed by atoms with E-state index in [1.54, 1.807) is 6.07 Å². The molecule has 2 aromatic heterocycles. The average molecular weight is 201 g/mol. The van der Waals surface area contributed by atoms with E-state index in [-0.39, 0.29) is 5.75 Å². The van der Waals surface area contributed by atoms with Gasteiger partial charge in [0.2, 0.25) is 0 Å². The Balaban J connectivity index is 2.50. The first-order valence-electron chi connectivity index (χ1n) is 4.55. The zero-order valence-electron chi connectivity index (χ0n) is 8.31. The van der Waals surface area contributed by atoms with E-state index in [0.29, 0.717) is 11.4 Å². The van der Waals surface area contributed by atoms with Crippen molar-refractivity contribution in [3.63, 3.8) is 0 Å². The van der Waals surface area contributed by atoms with Crippen molar-refractivity contribution < 1.29 is 5.11 Å². The number of hydrogen-bond donors (Lipinski definition) is 2. The fourth-order valence-corrected chi connectivity index (χ4v) is 1.29. The fraction of sp³-hybridized carbons (Fsp3) is 0.0909. The Bertz CT molecular complexity index is 497. The average Bonchev–Trinajstić information content (AvgIpc) is 2.22. The maximum Gasteiger partial charge on any atom is 0.156 e. The lowest BCUT2D eigenvalue weighted by Gasteiger charge is -2.03. The smallest absolute Gasteiger partial charge is 0.156 e. The van der Waals surface area contributed by atoms with Crippen LogP contribution in [0, 0.1) is 6.92 Å². The lowest BCUT2D eigenvalue weighted by Crippen LogP contribution is -1.92. The predicted molar refractivity (Wildman–Crippen MR) is 58.3 cm³/mol. The highest BCUT2D eigenvalue weighted by Gasteiger charge is 2.04. The van der Waals surface area contributed by atoms with E-state index in [0.717, 1.165) is 11.4 Å². The van der Waals surface area contributed by atoms with Crippen molar-refractivity contribution in [3.05, 3.63) is 36.2 Å². The number of nitrogens with two attached hydrogens (primary N) is 1. The van der Waals surface area contributed by atoms with Gasteiger partial charge < -0.3 is 10.8 Å². The molecule has 0 aliphatic carbocycles. The van der Waals surface area contributed by atoms with E-state index in [4.69, 9.17) is 5.73 Å². The zero-order valence-corrected chi connectivity index (χ0v) is 8.31. The summed E-state index contributed by atoms with van der Waals surface area (Å²) in [5, 5.41) is 9.24. The minimum atomic E-state index is -0.00796. The summed E-state index contributed by atoms with van der Waals surface area (Å²) in [5.74, 6) is -0.00796. The molecule has 0 aromatic carbocycles. The second-order valence-electron chi connectivity index (χ2n) is 3.29. The van der Waals surface area contributed by atoms with Crippen LogP contribution in [0.15, 0.2) is 30.5 Å². The van der Waals surface area contributed by atoms with Crippen LogP contribution in [0.25, 0.3) is 11.4 Å². The van der Waals surface area contributed by atoms with Gasteiger partial charge in [-0.1, -0.05) is 6.07 Å². The molecule has 4 heteroatoms. The van der Waals surface area contributed by atoms with Crippen LogP contribution in [0.3, 0.4) is 0 Å². The van der Waals surface area contributed by atoms with Crippen molar-refractivity contribution in [1.29, 1.82) is 0 Å². The standard InChI is InChI=1S/C11H11N3O/c1-7-3-2-4-9(14-7)10-5-8(12)11(15)6-13-10/h2-6,15H,1H3,(H2,12,13). The van der Waals surface area contributed by atoms with E-state index < -0.39 is 0 Å². The molecular formula is C11H11N3O. The van der Waals surface area contributed by atoms with E-state index in [9.17, 15) is 5.11 Å². The minimum absolute atomic E-state index is 0.00796. The van der Waals surface area contributed by atoms with Gasteiger partial charge in [-0.05, 0) is 25.1 Å². The molecule has 0 fully saturated rings. The number of rotatable bonds is 1. The second kappa shape index (κ2) is 3.57. The monoisotopic (exact) mass is 201 g/mol. The van der Waals surface area contributed by atoms with Crippen LogP contribution in [0.4, 0.5) is 5.69 Å². The van der Waals surface area contributed by atoms with Crippen LogP contribution in [0.5, 0.6) is 5.75 Å². The molecule has 4 nitrogen and oxygen atoms in total. The number of aryl methyl sites for hydroxylation is 1. The van der Waals surface area contributed by atoms with Crippen molar-refractivity contribution >= 4 is 5.69 Å². The molecule has 0 amide bonds. The van der Waals surface area contributed by atoms with Crippen molar-refractivity contribution in [2.45, 2.75) is 6.92 Å². The molecule has 0 spiro atoms. The molecule has 2 rings (SSSR count). The minimum Gasteiger partial charge on any atom is -0.504 e. The normalized spacial score (nSPS) is 10.2. The first-order chi connectivity index (χ1) is 7.16. The molecule has 0 aliphatic rings. The number of aromatic hydroxyl groups is 1. The lowest BCUT2D eigenvalue weighted by molar-refractivity contribution is 0.475. The van der Waals surface area contributed by atoms with Crippen LogP contribution in [-0.2, 0) is 0 Å². The maximum atomic E-state index is 9.24. The van der Waals surface area contributed by atoms with Crippen molar-refractivity contribution in [2.75, 3.05) is 5.73 Å². The number of pyridine rings is 2. The van der Waals surface area contributed by atoms with Gasteiger partial charge in [-0.15, -0.1) is 0 Å². The van der Waals surface area contributed by atoms with E-state index in [2.05, 4.69) is 9.97 Å². The number of nitrogen functional groups attached to an aromatic ring is 1. The van der Waals surface area contributed by atoms with E-state index >= 15 is 0 Å². The summed E-state index contributed by atoms with van der Waals surface area (Å²) in [6.45, 7) is 1.91. The van der Waals surface area contributed by atoms with Gasteiger partial charge in [0.1, 0.15) is 0 Å². The molecule has 0 unspecified atom stereocenters. The first-order valence-corrected chi connectivity index (χ1v) is 4.55. The molecule has 3 N–H and O–H groups in total. The van der Waals surface area contributed by atoms with Gasteiger partial charge in [0, 0.05) is 5.69 Å². The highest BCUT2D eigenvalue weighted by molar-refractivity contribution is 5.63. The Morgan fingerprint density at radius 2 is 2.07 bits per heavy atom. The van der Waals surface area contributed by atoms with Gasteiger partial charge in [-0.3, -0.25) is 9.97 Å². The molecule has 0 atom stereocenters. The first kappa shape index (κ1) is 9.45. The molecule has 0 radical (unpaired) electrons. The quantitative estimate of drug-likeness (QED) is 0.737. The summed E-state index contributed by atoms with van der Waals surface area (Å²) < 4.78 is 0. The van der Waals surface area contributed by atoms with Gasteiger partial charge in [0.15, 0.2) is 5.75 Å². The molecular weight excluding hydrogens is 190 g/mol. The summed E-state index contributed by atoms with van der Waals surface area (Å²) in [5.41, 5.74) is 8.22. The molecule has 0 saturated carbocycles. The SMILES string of the molecule is Cc1cccc(-c2cc(N)c(O)cn2)n1. The summed E-state index contributed by atoms with van der Waals surface area (Å²) >= 11 is 0. The van der Waals surface area contributed by atoms with Crippen LogP contribution >= 0.6 is 0 Å². The third-order valence-electron chi connectivity index (χ3n) is 2.06. The van der Waals surface area contributed by atoms with Gasteiger partial charge in [-0.2, -0.15) is 0 Å². The molecule has 0 aliphatic heterocycles.